The molecule has 0 radical (unpaired) electrons. The third kappa shape index (κ3) is 3.95. The maximum atomic E-state index is 5.13. The molecular formula is C23H30N2. The molecule has 1 atom stereocenters. The number of unbranched alkanes of at least 4 members (excludes halogenated alkanes) is 1. The zero-order chi connectivity index (χ0) is 17.6. The number of para-hydroxylation sites is 1. The molecule has 0 spiro atoms. The molecule has 0 N–H and O–H groups in total. The highest BCUT2D eigenvalue weighted by atomic mass is 15.2. The van der Waals surface area contributed by atoms with Crippen LogP contribution in [0.25, 0.3) is 6.08 Å². The van der Waals surface area contributed by atoms with E-state index in [1.165, 1.54) is 35.5 Å². The molecule has 132 valence electrons. The van der Waals surface area contributed by atoms with E-state index in [4.69, 9.17) is 4.99 Å². The summed E-state index contributed by atoms with van der Waals surface area (Å²) in [6.45, 7) is 7.85. The smallest absolute Gasteiger partial charge is 0.112 e. The molecule has 1 heterocycles. The second-order valence-electron chi connectivity index (χ2n) is 7.01. The van der Waals surface area contributed by atoms with Gasteiger partial charge in [0.15, 0.2) is 0 Å². The molecule has 1 aromatic rings. The van der Waals surface area contributed by atoms with Gasteiger partial charge in [-0.25, -0.2) is 4.99 Å². The van der Waals surface area contributed by atoms with Crippen LogP contribution in [0, 0.1) is 5.92 Å². The topological polar surface area (TPSA) is 15.6 Å². The second-order valence-corrected chi connectivity index (χ2v) is 7.01. The minimum absolute atomic E-state index is 0.444. The predicted octanol–water partition coefficient (Wildman–Crippen LogP) is 6.50. The molecule has 0 bridgehead atoms. The lowest BCUT2D eigenvalue weighted by Crippen LogP contribution is -2.35. The van der Waals surface area contributed by atoms with E-state index in [1.54, 1.807) is 0 Å². The largest absolute Gasteiger partial charge is 0.329 e. The van der Waals surface area contributed by atoms with Gasteiger partial charge in [0.2, 0.25) is 0 Å². The SMILES string of the molecule is CCCCN1C(C2=CCCC=C2)=Cc2ccccc2N=C1C(C)CC. The molecule has 2 aliphatic rings. The van der Waals surface area contributed by atoms with Crippen LogP contribution < -0.4 is 0 Å². The molecule has 0 saturated heterocycles. The Bertz CT molecular complexity index is 721. The lowest BCUT2D eigenvalue weighted by molar-refractivity contribution is 0.470. The third-order valence-electron chi connectivity index (χ3n) is 5.11. The number of aliphatic imine (C=N–C) groups is 1. The standard InChI is InChI=1S/C23H30N2/c1-4-6-16-25-22(19-12-8-7-9-13-19)17-20-14-10-11-15-21(20)24-23(25)18(3)5-2/h8,10-15,17-18H,4-7,9,16H2,1-3H3. The van der Waals surface area contributed by atoms with Gasteiger partial charge in [0.05, 0.1) is 5.69 Å². The highest BCUT2D eigenvalue weighted by molar-refractivity contribution is 5.93. The Morgan fingerprint density at radius 3 is 2.72 bits per heavy atom. The number of fused-ring (bicyclic) bond motifs is 1. The number of amidine groups is 1. The van der Waals surface area contributed by atoms with Gasteiger partial charge in [0, 0.05) is 23.7 Å². The Balaban J connectivity index is 2.14. The average molecular weight is 335 g/mol. The van der Waals surface area contributed by atoms with E-state index < -0.39 is 0 Å². The molecule has 1 aromatic carbocycles. The van der Waals surface area contributed by atoms with E-state index in [-0.39, 0.29) is 0 Å². The molecule has 1 unspecified atom stereocenters. The van der Waals surface area contributed by atoms with Crippen molar-refractivity contribution in [2.24, 2.45) is 10.9 Å². The first kappa shape index (κ1) is 17.7. The fourth-order valence-electron chi connectivity index (χ4n) is 3.40. The van der Waals surface area contributed by atoms with Crippen LogP contribution in [0.1, 0.15) is 58.4 Å². The van der Waals surface area contributed by atoms with Gasteiger partial charge in [-0.2, -0.15) is 0 Å². The first-order valence-electron chi connectivity index (χ1n) is 9.78. The Hall–Kier alpha value is -2.09. The second kappa shape index (κ2) is 8.33. The van der Waals surface area contributed by atoms with Crippen molar-refractivity contribution in [2.45, 2.75) is 52.9 Å². The molecule has 1 aliphatic heterocycles. The average Bonchev–Trinajstić information content (AvgIpc) is 2.83. The van der Waals surface area contributed by atoms with Gasteiger partial charge in [0.1, 0.15) is 5.84 Å². The van der Waals surface area contributed by atoms with Crippen molar-refractivity contribution >= 4 is 17.6 Å². The van der Waals surface area contributed by atoms with Crippen LogP contribution in [-0.4, -0.2) is 17.3 Å². The highest BCUT2D eigenvalue weighted by Gasteiger charge is 2.25. The monoisotopic (exact) mass is 334 g/mol. The van der Waals surface area contributed by atoms with Crippen molar-refractivity contribution in [1.82, 2.24) is 4.90 Å². The van der Waals surface area contributed by atoms with Gasteiger partial charge in [-0.15, -0.1) is 0 Å². The predicted molar refractivity (Wildman–Crippen MR) is 109 cm³/mol. The number of nitrogens with zero attached hydrogens (tertiary/aromatic N) is 2. The number of hydrogen-bond donors (Lipinski definition) is 0. The van der Waals surface area contributed by atoms with E-state index in [9.17, 15) is 0 Å². The summed E-state index contributed by atoms with van der Waals surface area (Å²) in [5.74, 6) is 1.66. The van der Waals surface area contributed by atoms with Gasteiger partial charge in [-0.3, -0.25) is 0 Å². The first-order chi connectivity index (χ1) is 12.2. The van der Waals surface area contributed by atoms with Crippen LogP contribution in [0.4, 0.5) is 5.69 Å². The highest BCUT2D eigenvalue weighted by Crippen LogP contribution is 2.34. The molecular weight excluding hydrogens is 304 g/mol. The van der Waals surface area contributed by atoms with E-state index in [2.05, 4.69) is 74.2 Å². The van der Waals surface area contributed by atoms with Gasteiger partial charge < -0.3 is 4.90 Å². The van der Waals surface area contributed by atoms with Crippen molar-refractivity contribution in [1.29, 1.82) is 0 Å². The van der Waals surface area contributed by atoms with E-state index >= 15 is 0 Å². The summed E-state index contributed by atoms with van der Waals surface area (Å²) in [5.41, 5.74) is 4.97. The van der Waals surface area contributed by atoms with Crippen molar-refractivity contribution < 1.29 is 0 Å². The van der Waals surface area contributed by atoms with Gasteiger partial charge >= 0.3 is 0 Å². The number of hydrogen-bond acceptors (Lipinski definition) is 2. The maximum absolute atomic E-state index is 5.13. The minimum Gasteiger partial charge on any atom is -0.329 e. The summed E-state index contributed by atoms with van der Waals surface area (Å²) in [5, 5.41) is 0. The van der Waals surface area contributed by atoms with Crippen molar-refractivity contribution in [3.63, 3.8) is 0 Å². The Labute approximate surface area is 152 Å². The van der Waals surface area contributed by atoms with Crippen LogP contribution in [0.3, 0.4) is 0 Å². The molecule has 0 aromatic heterocycles. The maximum Gasteiger partial charge on any atom is 0.112 e. The fourth-order valence-corrected chi connectivity index (χ4v) is 3.40. The molecule has 1 aliphatic carbocycles. The summed E-state index contributed by atoms with van der Waals surface area (Å²) < 4.78 is 0. The summed E-state index contributed by atoms with van der Waals surface area (Å²) in [7, 11) is 0. The van der Waals surface area contributed by atoms with Crippen LogP contribution in [0.2, 0.25) is 0 Å². The summed E-state index contributed by atoms with van der Waals surface area (Å²) in [6, 6.07) is 8.52. The van der Waals surface area contributed by atoms with Gasteiger partial charge in [0.25, 0.3) is 0 Å². The zero-order valence-corrected chi connectivity index (χ0v) is 15.8. The number of allylic oxidation sites excluding steroid dienone is 3. The van der Waals surface area contributed by atoms with Crippen LogP contribution in [0.15, 0.2) is 58.8 Å². The lowest BCUT2D eigenvalue weighted by atomic mass is 9.99. The number of rotatable bonds is 6. The minimum atomic E-state index is 0.444. The molecule has 3 rings (SSSR count). The Morgan fingerprint density at radius 2 is 2.00 bits per heavy atom. The van der Waals surface area contributed by atoms with E-state index in [0.29, 0.717) is 5.92 Å². The quantitative estimate of drug-likeness (QED) is 0.580. The van der Waals surface area contributed by atoms with Crippen molar-refractivity contribution in [3.8, 4) is 0 Å². The zero-order valence-electron chi connectivity index (χ0n) is 15.8. The van der Waals surface area contributed by atoms with Crippen molar-refractivity contribution in [2.75, 3.05) is 6.54 Å². The molecule has 0 fully saturated rings. The van der Waals surface area contributed by atoms with Crippen LogP contribution >= 0.6 is 0 Å². The fraction of sp³-hybridized carbons (Fsp3) is 0.435. The molecule has 2 nitrogen and oxygen atoms in total. The first-order valence-corrected chi connectivity index (χ1v) is 9.78. The summed E-state index contributed by atoms with van der Waals surface area (Å²) >= 11 is 0. The molecule has 2 heteroatoms. The van der Waals surface area contributed by atoms with Gasteiger partial charge in [-0.05, 0) is 43.4 Å². The normalized spacial score (nSPS) is 18.0. The number of benzene rings is 1. The van der Waals surface area contributed by atoms with Gasteiger partial charge in [-0.1, -0.05) is 63.6 Å². The van der Waals surface area contributed by atoms with Crippen LogP contribution in [-0.2, 0) is 0 Å². The molecule has 0 saturated carbocycles. The summed E-state index contributed by atoms with van der Waals surface area (Å²) in [6.07, 6.45) is 15.1. The third-order valence-corrected chi connectivity index (χ3v) is 5.11. The molecule has 0 amide bonds. The molecule has 25 heavy (non-hydrogen) atoms. The van der Waals surface area contributed by atoms with E-state index in [1.807, 2.05) is 0 Å². The Morgan fingerprint density at radius 1 is 1.16 bits per heavy atom. The van der Waals surface area contributed by atoms with E-state index in [0.717, 1.165) is 31.5 Å². The Kier molecular flexibility index (Phi) is 5.91. The van der Waals surface area contributed by atoms with Crippen LogP contribution in [0.5, 0.6) is 0 Å². The lowest BCUT2D eigenvalue weighted by Gasteiger charge is -2.32. The summed E-state index contributed by atoms with van der Waals surface area (Å²) in [4.78, 5) is 7.61. The van der Waals surface area contributed by atoms with Crippen molar-refractivity contribution in [3.05, 3.63) is 59.3 Å².